The number of carbonyl (C=O) groups is 2. The normalized spacial score (nSPS) is 28.7. The zero-order valence-corrected chi connectivity index (χ0v) is 12.0. The minimum Gasteiger partial charge on any atom is -0.463 e. The lowest BCUT2D eigenvalue weighted by Gasteiger charge is -2.25. The molecule has 4 heteroatoms. The largest absolute Gasteiger partial charge is 0.463 e. The van der Waals surface area contributed by atoms with E-state index in [2.05, 4.69) is 6.08 Å². The molecular weight excluding hydrogens is 244 g/mol. The van der Waals surface area contributed by atoms with E-state index in [0.717, 1.165) is 18.4 Å². The van der Waals surface area contributed by atoms with Crippen molar-refractivity contribution in [2.75, 3.05) is 0 Å². The molecule has 1 fully saturated rings. The summed E-state index contributed by atoms with van der Waals surface area (Å²) in [6.07, 6.45) is 3.47. The van der Waals surface area contributed by atoms with Gasteiger partial charge in [0, 0.05) is 0 Å². The molecule has 2 rings (SSSR count). The average Bonchev–Trinajstić information content (AvgIpc) is 2.85. The predicted octanol–water partition coefficient (Wildman–Crippen LogP) is 2.47. The van der Waals surface area contributed by atoms with Crippen LogP contribution in [0, 0.1) is 17.8 Å². The maximum atomic E-state index is 12.2. The monoisotopic (exact) mass is 266 g/mol. The van der Waals surface area contributed by atoms with Crippen LogP contribution in [0.15, 0.2) is 11.6 Å². The second kappa shape index (κ2) is 5.35. The van der Waals surface area contributed by atoms with Crippen molar-refractivity contribution in [1.29, 1.82) is 0 Å². The van der Waals surface area contributed by atoms with Crippen molar-refractivity contribution in [3.05, 3.63) is 11.6 Å². The van der Waals surface area contributed by atoms with E-state index in [0.29, 0.717) is 0 Å². The molecule has 0 spiro atoms. The van der Waals surface area contributed by atoms with Crippen LogP contribution < -0.4 is 0 Å². The number of ether oxygens (including phenoxy) is 2. The van der Waals surface area contributed by atoms with E-state index in [1.807, 2.05) is 27.7 Å². The summed E-state index contributed by atoms with van der Waals surface area (Å²) in [6, 6.07) is 0. The van der Waals surface area contributed by atoms with E-state index in [1.165, 1.54) is 0 Å². The van der Waals surface area contributed by atoms with Gasteiger partial charge in [-0.3, -0.25) is 9.59 Å². The summed E-state index contributed by atoms with van der Waals surface area (Å²) >= 11 is 0. The fourth-order valence-electron chi connectivity index (χ4n) is 3.05. The number of hydrogen-bond donors (Lipinski definition) is 0. The predicted molar refractivity (Wildman–Crippen MR) is 70.2 cm³/mol. The van der Waals surface area contributed by atoms with Gasteiger partial charge in [0.2, 0.25) is 0 Å². The van der Waals surface area contributed by atoms with Gasteiger partial charge in [-0.05, 0) is 46.5 Å². The Hall–Kier alpha value is -1.32. The molecule has 1 saturated carbocycles. The number of fused-ring (bicyclic) bond motifs is 2. The highest BCUT2D eigenvalue weighted by Crippen LogP contribution is 2.49. The molecule has 0 aromatic heterocycles. The average molecular weight is 266 g/mol. The van der Waals surface area contributed by atoms with Gasteiger partial charge >= 0.3 is 11.9 Å². The molecule has 2 bridgehead atoms. The van der Waals surface area contributed by atoms with Gasteiger partial charge in [0.15, 0.2) is 0 Å². The topological polar surface area (TPSA) is 52.6 Å². The van der Waals surface area contributed by atoms with Crippen molar-refractivity contribution in [3.63, 3.8) is 0 Å². The maximum absolute atomic E-state index is 12.2. The highest BCUT2D eigenvalue weighted by Gasteiger charge is 2.51. The molecule has 0 aromatic rings. The van der Waals surface area contributed by atoms with Gasteiger partial charge in [0.1, 0.15) is 0 Å². The summed E-state index contributed by atoms with van der Waals surface area (Å²) in [5.41, 5.74) is 1.06. The molecule has 0 amide bonds. The highest BCUT2D eigenvalue weighted by atomic mass is 16.6. The minimum absolute atomic E-state index is 0.151. The Bertz CT molecular complexity index is 408. The Balaban J connectivity index is 2.14. The van der Waals surface area contributed by atoms with Crippen molar-refractivity contribution < 1.29 is 19.1 Å². The Morgan fingerprint density at radius 3 is 2.26 bits per heavy atom. The molecule has 2 aliphatic carbocycles. The summed E-state index contributed by atoms with van der Waals surface area (Å²) < 4.78 is 10.6. The number of hydrogen-bond acceptors (Lipinski definition) is 4. The maximum Gasteiger partial charge on any atom is 0.314 e. The van der Waals surface area contributed by atoms with E-state index in [1.54, 1.807) is 0 Å². The summed E-state index contributed by atoms with van der Waals surface area (Å²) in [6.45, 7) is 7.29. The first-order valence-electron chi connectivity index (χ1n) is 7.00. The minimum atomic E-state index is -0.424. The third kappa shape index (κ3) is 2.82. The molecule has 0 N–H and O–H groups in total. The van der Waals surface area contributed by atoms with Gasteiger partial charge in [-0.25, -0.2) is 0 Å². The van der Waals surface area contributed by atoms with Crippen LogP contribution in [-0.2, 0) is 19.1 Å². The first-order valence-corrected chi connectivity index (χ1v) is 7.00. The molecule has 0 saturated heterocycles. The molecular formula is C15H22O4. The van der Waals surface area contributed by atoms with Crippen LogP contribution in [0.2, 0.25) is 0 Å². The van der Waals surface area contributed by atoms with Crippen molar-refractivity contribution in [2.45, 2.75) is 52.7 Å². The molecule has 3 atom stereocenters. The molecule has 106 valence electrons. The fourth-order valence-corrected chi connectivity index (χ4v) is 3.05. The van der Waals surface area contributed by atoms with Crippen LogP contribution in [0.5, 0.6) is 0 Å². The van der Waals surface area contributed by atoms with Crippen LogP contribution in [0.3, 0.4) is 0 Å². The Morgan fingerprint density at radius 2 is 1.68 bits per heavy atom. The number of allylic oxidation sites excluding steroid dienone is 1. The second-order valence-corrected chi connectivity index (χ2v) is 5.95. The molecule has 0 radical (unpaired) electrons. The molecule has 3 unspecified atom stereocenters. The van der Waals surface area contributed by atoms with Crippen LogP contribution in [0.1, 0.15) is 40.5 Å². The molecule has 2 aliphatic rings. The highest BCUT2D eigenvalue weighted by molar-refractivity contribution is 5.86. The van der Waals surface area contributed by atoms with Gasteiger partial charge in [0.25, 0.3) is 0 Å². The summed E-state index contributed by atoms with van der Waals surface area (Å²) in [7, 11) is 0. The second-order valence-electron chi connectivity index (χ2n) is 5.95. The van der Waals surface area contributed by atoms with E-state index < -0.39 is 5.92 Å². The third-order valence-electron chi connectivity index (χ3n) is 3.68. The zero-order valence-electron chi connectivity index (χ0n) is 12.0. The van der Waals surface area contributed by atoms with Gasteiger partial charge in [-0.2, -0.15) is 0 Å². The van der Waals surface area contributed by atoms with Gasteiger partial charge in [0.05, 0.1) is 24.0 Å². The Labute approximate surface area is 114 Å². The summed E-state index contributed by atoms with van der Waals surface area (Å²) in [5.74, 6) is -1.10. The van der Waals surface area contributed by atoms with E-state index in [9.17, 15) is 9.59 Å². The van der Waals surface area contributed by atoms with Gasteiger partial charge < -0.3 is 9.47 Å². The molecule has 19 heavy (non-hydrogen) atoms. The van der Waals surface area contributed by atoms with Gasteiger partial charge in [-0.1, -0.05) is 11.6 Å². The van der Waals surface area contributed by atoms with E-state index in [4.69, 9.17) is 9.47 Å². The SMILES string of the molecule is CC(C)OC(=O)C1C2=CCC(C2)C1C(=O)OC(C)C. The van der Waals surface area contributed by atoms with Crippen molar-refractivity contribution >= 4 is 11.9 Å². The Kier molecular flexibility index (Phi) is 3.97. The zero-order chi connectivity index (χ0) is 14.2. The number of rotatable bonds is 4. The smallest absolute Gasteiger partial charge is 0.314 e. The van der Waals surface area contributed by atoms with Crippen LogP contribution >= 0.6 is 0 Å². The number of carbonyl (C=O) groups excluding carboxylic acids is 2. The lowest BCUT2D eigenvalue weighted by Crippen LogP contribution is -2.35. The van der Waals surface area contributed by atoms with Gasteiger partial charge in [-0.15, -0.1) is 0 Å². The third-order valence-corrected chi connectivity index (χ3v) is 3.68. The summed E-state index contributed by atoms with van der Waals surface area (Å²) in [4.78, 5) is 24.4. The van der Waals surface area contributed by atoms with E-state index in [-0.39, 0.29) is 36.0 Å². The van der Waals surface area contributed by atoms with E-state index >= 15 is 0 Å². The molecule has 0 aromatic carbocycles. The standard InChI is InChI=1S/C15H22O4/c1-8(2)18-14(16)12-10-5-6-11(7-10)13(12)15(17)19-9(3)4/h5,8-9,11-13H,6-7H2,1-4H3. The molecule has 4 nitrogen and oxygen atoms in total. The number of esters is 2. The van der Waals surface area contributed by atoms with Crippen molar-refractivity contribution in [2.24, 2.45) is 17.8 Å². The van der Waals surface area contributed by atoms with Crippen LogP contribution in [0.4, 0.5) is 0 Å². The van der Waals surface area contributed by atoms with Crippen LogP contribution in [-0.4, -0.2) is 24.1 Å². The first kappa shape index (κ1) is 14.1. The fraction of sp³-hybridized carbons (Fsp3) is 0.733. The Morgan fingerprint density at radius 1 is 1.11 bits per heavy atom. The van der Waals surface area contributed by atoms with Crippen molar-refractivity contribution in [3.8, 4) is 0 Å². The molecule has 0 heterocycles. The molecule has 0 aliphatic heterocycles. The van der Waals surface area contributed by atoms with Crippen molar-refractivity contribution in [1.82, 2.24) is 0 Å². The lowest BCUT2D eigenvalue weighted by molar-refractivity contribution is -0.164. The quantitative estimate of drug-likeness (QED) is 0.579. The van der Waals surface area contributed by atoms with Crippen LogP contribution in [0.25, 0.3) is 0 Å². The lowest BCUT2D eigenvalue weighted by atomic mass is 9.83. The summed E-state index contributed by atoms with van der Waals surface area (Å²) in [5, 5.41) is 0. The first-order chi connectivity index (χ1) is 8.90.